The third-order valence-electron chi connectivity index (χ3n) is 5.29. The number of rotatable bonds is 38. The van der Waals surface area contributed by atoms with Crippen molar-refractivity contribution in [1.29, 1.82) is 0 Å². The van der Waals surface area contributed by atoms with E-state index in [2.05, 4.69) is 26.2 Å². The molecule has 0 bridgehead atoms. The smallest absolute Gasteiger partial charge is 0.333 e. The molecule has 0 aromatic carbocycles. The van der Waals surface area contributed by atoms with Gasteiger partial charge in [-0.15, -0.1) is 0 Å². The maximum atomic E-state index is 11.2. The first-order valence-electron chi connectivity index (χ1n) is 16.1. The molecule has 0 N–H and O–H groups in total. The summed E-state index contributed by atoms with van der Waals surface area (Å²) >= 11 is 0. The van der Waals surface area contributed by atoms with Crippen LogP contribution >= 0.6 is 0 Å². The highest BCUT2D eigenvalue weighted by Crippen LogP contribution is 2.01. The molecule has 274 valence electrons. The molecule has 0 unspecified atom stereocenters. The summed E-state index contributed by atoms with van der Waals surface area (Å²) in [5, 5.41) is 0. The Hall–Kier alpha value is -1.05. The van der Waals surface area contributed by atoms with Crippen molar-refractivity contribution in [2.45, 2.75) is 26.6 Å². The van der Waals surface area contributed by atoms with Gasteiger partial charge in [0.25, 0.3) is 0 Å². The Morgan fingerprint density at radius 3 is 0.783 bits per heavy atom. The molecular weight excluding hydrogens is 624 g/mol. The van der Waals surface area contributed by atoms with Crippen molar-refractivity contribution in [2.75, 3.05) is 159 Å². The lowest BCUT2D eigenvalue weighted by Gasteiger charge is -2.16. The first kappa shape index (κ1) is 44.9. The van der Waals surface area contributed by atoms with E-state index in [0.717, 1.165) is 0 Å². The lowest BCUT2D eigenvalue weighted by atomic mass is 10.4. The van der Waals surface area contributed by atoms with Crippen molar-refractivity contribution in [3.8, 4) is 0 Å². The van der Waals surface area contributed by atoms with Gasteiger partial charge in [-0.2, -0.15) is 0 Å². The van der Waals surface area contributed by atoms with Crippen LogP contribution in [0.5, 0.6) is 0 Å². The van der Waals surface area contributed by atoms with E-state index >= 15 is 0 Å². The van der Waals surface area contributed by atoms with Gasteiger partial charge in [-0.05, 0) is 26.6 Å². The number of hydrogen-bond donors (Lipinski definition) is 0. The van der Waals surface area contributed by atoms with E-state index in [9.17, 15) is 4.79 Å². The Labute approximate surface area is 277 Å². The van der Waals surface area contributed by atoms with Gasteiger partial charge in [0.2, 0.25) is 0 Å². The molecule has 0 aliphatic heterocycles. The molecule has 0 spiro atoms. The minimum Gasteiger partial charge on any atom is -0.460 e. The van der Waals surface area contributed by atoms with Crippen molar-refractivity contribution >= 4 is 14.3 Å². The zero-order valence-electron chi connectivity index (χ0n) is 28.9. The molecule has 0 rings (SSSR count). The van der Waals surface area contributed by atoms with E-state index in [1.807, 2.05) is 0 Å². The Morgan fingerprint density at radius 1 is 0.391 bits per heavy atom. The van der Waals surface area contributed by atoms with Crippen LogP contribution in [0.1, 0.15) is 6.92 Å². The van der Waals surface area contributed by atoms with Gasteiger partial charge in [0.05, 0.1) is 152 Å². The number of esters is 1. The molecule has 0 aromatic heterocycles. The second-order valence-electron chi connectivity index (χ2n) is 10.6. The molecule has 0 aromatic rings. The van der Waals surface area contributed by atoms with Gasteiger partial charge in [-0.1, -0.05) is 6.58 Å². The van der Waals surface area contributed by atoms with Gasteiger partial charge in [-0.3, -0.25) is 0 Å². The normalized spacial score (nSPS) is 11.7. The fraction of sp³-hybridized carbons (Fsp3) is 0.903. The fourth-order valence-electron chi connectivity index (χ4n) is 3.02. The number of ether oxygens (including phenoxy) is 12. The first-order valence-corrected chi connectivity index (χ1v) is 19.6. The summed E-state index contributed by atoms with van der Waals surface area (Å²) in [6, 6.07) is 0. The SMILES string of the molecule is C=C(C)C(=O)OCCOCCOCCOCCOCCOCCOCCOCCOCCOCCOCCOCCO[Si](C)(C)C. The third-order valence-corrected chi connectivity index (χ3v) is 6.36. The largest absolute Gasteiger partial charge is 0.460 e. The molecule has 0 aliphatic carbocycles. The van der Waals surface area contributed by atoms with Gasteiger partial charge in [0.15, 0.2) is 8.32 Å². The lowest BCUT2D eigenvalue weighted by Crippen LogP contribution is -2.27. The van der Waals surface area contributed by atoms with Crippen molar-refractivity contribution < 1.29 is 66.1 Å². The molecule has 46 heavy (non-hydrogen) atoms. The molecule has 0 heterocycles. The lowest BCUT2D eigenvalue weighted by molar-refractivity contribution is -0.140. The number of carbonyl (C=O) groups excluding carboxylic acids is 1. The fourth-order valence-corrected chi connectivity index (χ4v) is 3.72. The molecule has 0 aliphatic rings. The van der Waals surface area contributed by atoms with E-state index in [1.165, 1.54) is 0 Å². The summed E-state index contributed by atoms with van der Waals surface area (Å²) < 4.78 is 70.5. The van der Waals surface area contributed by atoms with Crippen LogP contribution in [-0.4, -0.2) is 173 Å². The number of hydrogen-bond acceptors (Lipinski definition) is 14. The third kappa shape index (κ3) is 39.1. The topological polar surface area (TPSA) is 137 Å². The summed E-state index contributed by atoms with van der Waals surface area (Å²) in [7, 11) is -1.45. The molecule has 0 saturated heterocycles. The highest BCUT2D eigenvalue weighted by Gasteiger charge is 2.13. The molecule has 15 heteroatoms. The maximum Gasteiger partial charge on any atom is 0.333 e. The second kappa shape index (κ2) is 35.3. The highest BCUT2D eigenvalue weighted by molar-refractivity contribution is 6.69. The highest BCUT2D eigenvalue weighted by atomic mass is 28.4. The van der Waals surface area contributed by atoms with Crippen molar-refractivity contribution in [1.82, 2.24) is 0 Å². The van der Waals surface area contributed by atoms with Crippen LogP contribution in [0.15, 0.2) is 12.2 Å². The number of carbonyl (C=O) groups is 1. The zero-order valence-corrected chi connectivity index (χ0v) is 29.9. The maximum absolute atomic E-state index is 11.2. The first-order chi connectivity index (χ1) is 22.3. The van der Waals surface area contributed by atoms with Crippen molar-refractivity contribution in [3.05, 3.63) is 12.2 Å². The molecule has 0 fully saturated rings. The van der Waals surface area contributed by atoms with Gasteiger partial charge >= 0.3 is 5.97 Å². The molecule has 0 saturated carbocycles. The van der Waals surface area contributed by atoms with Crippen LogP contribution in [0.4, 0.5) is 0 Å². The van der Waals surface area contributed by atoms with E-state index in [-0.39, 0.29) is 6.61 Å². The Kier molecular flexibility index (Phi) is 34.5. The quantitative estimate of drug-likeness (QED) is 0.0406. The molecule has 0 radical (unpaired) electrons. The van der Waals surface area contributed by atoms with Crippen LogP contribution in [-0.2, 0) is 66.1 Å². The van der Waals surface area contributed by atoms with Gasteiger partial charge in [0.1, 0.15) is 6.61 Å². The summed E-state index contributed by atoms with van der Waals surface area (Å²) in [6.07, 6.45) is 0. The monoisotopic (exact) mass is 686 g/mol. The standard InChI is InChI=1S/C31H62O14Si/c1-30(2)31(32)44-28-26-42-24-22-40-20-18-38-16-14-36-12-10-34-8-6-33-7-9-35-11-13-37-15-17-39-19-21-41-23-25-43-27-29-45-46(3,4)5/h1,6-29H2,2-5H3. The van der Waals surface area contributed by atoms with Crippen LogP contribution in [0.3, 0.4) is 0 Å². The molecule has 0 amide bonds. The molecule has 14 nitrogen and oxygen atoms in total. The summed E-state index contributed by atoms with van der Waals surface area (Å²) in [5.74, 6) is -0.413. The van der Waals surface area contributed by atoms with Crippen molar-refractivity contribution in [2.24, 2.45) is 0 Å². The van der Waals surface area contributed by atoms with Crippen LogP contribution in [0, 0.1) is 0 Å². The van der Waals surface area contributed by atoms with E-state index in [1.54, 1.807) is 6.92 Å². The molecule has 0 atom stereocenters. The average Bonchev–Trinajstić information content (AvgIpc) is 3.01. The average molecular weight is 687 g/mol. The minimum absolute atomic E-state index is 0.199. The summed E-state index contributed by atoms with van der Waals surface area (Å²) in [5.41, 5.74) is 0.370. The predicted octanol–water partition coefficient (Wildman–Crippen LogP) is 2.14. The minimum atomic E-state index is -1.45. The second-order valence-corrected chi connectivity index (χ2v) is 15.1. The van der Waals surface area contributed by atoms with Gasteiger partial charge < -0.3 is 61.3 Å². The van der Waals surface area contributed by atoms with Crippen molar-refractivity contribution in [3.63, 3.8) is 0 Å². The van der Waals surface area contributed by atoms with Gasteiger partial charge in [-0.25, -0.2) is 4.79 Å². The summed E-state index contributed by atoms with van der Waals surface area (Å²) in [6.45, 7) is 23.3. The Bertz CT molecular complexity index is 666. The van der Waals surface area contributed by atoms with Crippen LogP contribution < -0.4 is 0 Å². The van der Waals surface area contributed by atoms with E-state index in [0.29, 0.717) is 158 Å². The van der Waals surface area contributed by atoms with E-state index in [4.69, 9.17) is 61.3 Å². The van der Waals surface area contributed by atoms with Crippen LogP contribution in [0.25, 0.3) is 0 Å². The Morgan fingerprint density at radius 2 is 0.587 bits per heavy atom. The predicted molar refractivity (Wildman–Crippen MR) is 174 cm³/mol. The summed E-state index contributed by atoms with van der Waals surface area (Å²) in [4.78, 5) is 11.2. The van der Waals surface area contributed by atoms with Gasteiger partial charge in [0, 0.05) is 5.57 Å². The molecular formula is C31H62O14Si. The van der Waals surface area contributed by atoms with E-state index < -0.39 is 14.3 Å². The van der Waals surface area contributed by atoms with Crippen LogP contribution in [0.2, 0.25) is 19.6 Å². The zero-order chi connectivity index (χ0) is 33.8. The Balaban J connectivity index is 3.08.